The van der Waals surface area contributed by atoms with Gasteiger partial charge < -0.3 is 10.0 Å². The standard InChI is InChI=1S/C15H17NO3S/c17-14(16-8-3-6-12(16)15(18)19)13-11-5-2-1-4-10(11)7-9-20-13/h1-2,4-5,12-13H,3,6-9H2,(H,18,19)/t12-,13+/m1/s1. The van der Waals surface area contributed by atoms with Gasteiger partial charge in [0.25, 0.3) is 0 Å². The maximum Gasteiger partial charge on any atom is 0.326 e. The summed E-state index contributed by atoms with van der Waals surface area (Å²) in [6.07, 6.45) is 2.33. The second kappa shape index (κ2) is 5.48. The Labute approximate surface area is 122 Å². The summed E-state index contributed by atoms with van der Waals surface area (Å²) in [7, 11) is 0. The van der Waals surface area contributed by atoms with Gasteiger partial charge in [-0.1, -0.05) is 24.3 Å². The molecule has 2 aliphatic rings. The van der Waals surface area contributed by atoms with E-state index in [0.29, 0.717) is 13.0 Å². The molecule has 0 bridgehead atoms. The molecule has 0 aromatic heterocycles. The van der Waals surface area contributed by atoms with Crippen molar-refractivity contribution in [3.8, 4) is 0 Å². The van der Waals surface area contributed by atoms with Gasteiger partial charge in [-0.25, -0.2) is 4.79 Å². The van der Waals surface area contributed by atoms with Crippen LogP contribution >= 0.6 is 11.8 Å². The molecule has 0 saturated carbocycles. The highest BCUT2D eigenvalue weighted by Crippen LogP contribution is 2.39. The van der Waals surface area contributed by atoms with Crippen LogP contribution in [0.4, 0.5) is 0 Å². The molecule has 1 aromatic carbocycles. The number of aliphatic carboxylic acids is 1. The summed E-state index contributed by atoms with van der Waals surface area (Å²) in [4.78, 5) is 25.5. The molecule has 106 valence electrons. The van der Waals surface area contributed by atoms with Gasteiger partial charge in [-0.15, -0.1) is 11.8 Å². The van der Waals surface area contributed by atoms with Crippen molar-refractivity contribution < 1.29 is 14.7 Å². The first kappa shape index (κ1) is 13.5. The Morgan fingerprint density at radius 2 is 2.10 bits per heavy atom. The van der Waals surface area contributed by atoms with Crippen LogP contribution in [-0.2, 0) is 16.0 Å². The smallest absolute Gasteiger partial charge is 0.326 e. The largest absolute Gasteiger partial charge is 0.480 e. The monoisotopic (exact) mass is 291 g/mol. The maximum atomic E-state index is 12.7. The molecule has 5 heteroatoms. The fraction of sp³-hybridized carbons (Fsp3) is 0.467. The zero-order valence-electron chi connectivity index (χ0n) is 11.1. The number of nitrogens with zero attached hydrogens (tertiary/aromatic N) is 1. The molecule has 0 unspecified atom stereocenters. The lowest BCUT2D eigenvalue weighted by Crippen LogP contribution is -2.42. The van der Waals surface area contributed by atoms with Gasteiger partial charge in [0.05, 0.1) is 0 Å². The van der Waals surface area contributed by atoms with Crippen molar-refractivity contribution in [2.24, 2.45) is 0 Å². The van der Waals surface area contributed by atoms with E-state index in [0.717, 1.165) is 24.2 Å². The Balaban J connectivity index is 1.87. The number of carboxylic acid groups (broad SMARTS) is 1. The van der Waals surface area contributed by atoms with Gasteiger partial charge >= 0.3 is 5.97 Å². The normalized spacial score (nSPS) is 25.3. The summed E-state index contributed by atoms with van der Waals surface area (Å²) >= 11 is 1.63. The van der Waals surface area contributed by atoms with Crippen molar-refractivity contribution in [1.82, 2.24) is 4.90 Å². The number of likely N-dealkylation sites (tertiary alicyclic amines) is 1. The van der Waals surface area contributed by atoms with Crippen molar-refractivity contribution in [3.05, 3.63) is 35.4 Å². The van der Waals surface area contributed by atoms with Crippen LogP contribution in [0.1, 0.15) is 29.2 Å². The number of thioether (sulfide) groups is 1. The average molecular weight is 291 g/mol. The van der Waals surface area contributed by atoms with Crippen molar-refractivity contribution >= 4 is 23.6 Å². The Morgan fingerprint density at radius 3 is 2.90 bits per heavy atom. The van der Waals surface area contributed by atoms with Crippen LogP contribution in [-0.4, -0.2) is 40.2 Å². The molecule has 0 spiro atoms. The third-order valence-corrected chi connectivity index (χ3v) is 5.27. The number of aryl methyl sites for hydroxylation is 1. The van der Waals surface area contributed by atoms with E-state index in [1.807, 2.05) is 18.2 Å². The molecule has 1 amide bonds. The first-order valence-electron chi connectivity index (χ1n) is 6.91. The van der Waals surface area contributed by atoms with Crippen LogP contribution in [0.3, 0.4) is 0 Å². The van der Waals surface area contributed by atoms with Crippen LogP contribution in [0.5, 0.6) is 0 Å². The quantitative estimate of drug-likeness (QED) is 0.906. The molecule has 20 heavy (non-hydrogen) atoms. The van der Waals surface area contributed by atoms with E-state index >= 15 is 0 Å². The number of carbonyl (C=O) groups is 2. The molecule has 2 aliphatic heterocycles. The van der Waals surface area contributed by atoms with Crippen LogP contribution in [0.15, 0.2) is 24.3 Å². The third-order valence-electron chi connectivity index (χ3n) is 4.04. The van der Waals surface area contributed by atoms with Crippen molar-refractivity contribution in [2.75, 3.05) is 12.3 Å². The topological polar surface area (TPSA) is 57.6 Å². The van der Waals surface area contributed by atoms with E-state index in [1.54, 1.807) is 16.7 Å². The van der Waals surface area contributed by atoms with Crippen LogP contribution < -0.4 is 0 Å². The number of carboxylic acids is 1. The fourth-order valence-corrected chi connectivity index (χ4v) is 4.30. The summed E-state index contributed by atoms with van der Waals surface area (Å²) in [5.41, 5.74) is 2.28. The Hall–Kier alpha value is -1.49. The number of fused-ring (bicyclic) bond motifs is 1. The van der Waals surface area contributed by atoms with Gasteiger partial charge in [0, 0.05) is 6.54 Å². The van der Waals surface area contributed by atoms with Crippen LogP contribution in [0.25, 0.3) is 0 Å². The number of benzene rings is 1. The highest BCUT2D eigenvalue weighted by Gasteiger charge is 2.39. The van der Waals surface area contributed by atoms with Crippen molar-refractivity contribution in [1.29, 1.82) is 0 Å². The summed E-state index contributed by atoms with van der Waals surface area (Å²) in [6.45, 7) is 0.565. The molecular formula is C15H17NO3S. The molecule has 1 N–H and O–H groups in total. The van der Waals surface area contributed by atoms with E-state index < -0.39 is 12.0 Å². The van der Waals surface area contributed by atoms with Gasteiger partial charge in [-0.05, 0) is 36.1 Å². The van der Waals surface area contributed by atoms with E-state index in [9.17, 15) is 14.7 Å². The maximum absolute atomic E-state index is 12.7. The Kier molecular flexibility index (Phi) is 3.70. The van der Waals surface area contributed by atoms with Gasteiger partial charge in [-0.3, -0.25) is 4.79 Å². The van der Waals surface area contributed by atoms with Gasteiger partial charge in [0.2, 0.25) is 5.91 Å². The number of rotatable bonds is 2. The highest BCUT2D eigenvalue weighted by molar-refractivity contribution is 8.00. The van der Waals surface area contributed by atoms with Gasteiger partial charge in [-0.2, -0.15) is 0 Å². The third kappa shape index (κ3) is 2.30. The van der Waals surface area contributed by atoms with E-state index in [1.165, 1.54) is 5.56 Å². The Bertz CT molecular complexity index is 546. The lowest BCUT2D eigenvalue weighted by atomic mass is 10.0. The fourth-order valence-electron chi connectivity index (χ4n) is 3.04. The number of hydrogen-bond acceptors (Lipinski definition) is 3. The molecular weight excluding hydrogens is 274 g/mol. The van der Waals surface area contributed by atoms with Crippen molar-refractivity contribution in [2.45, 2.75) is 30.6 Å². The van der Waals surface area contributed by atoms with Crippen LogP contribution in [0, 0.1) is 0 Å². The predicted octanol–water partition coefficient (Wildman–Crippen LogP) is 2.09. The lowest BCUT2D eigenvalue weighted by molar-refractivity contribution is -0.148. The minimum Gasteiger partial charge on any atom is -0.480 e. The SMILES string of the molecule is O=C(O)[C@H]1CCCN1C(=O)[C@H]1SCCc2ccccc21. The van der Waals surface area contributed by atoms with Gasteiger partial charge in [0.15, 0.2) is 0 Å². The summed E-state index contributed by atoms with van der Waals surface area (Å²) < 4.78 is 0. The second-order valence-electron chi connectivity index (χ2n) is 5.23. The summed E-state index contributed by atoms with van der Waals surface area (Å²) in [5, 5.41) is 8.99. The molecule has 0 aliphatic carbocycles. The number of amides is 1. The number of hydrogen-bond donors (Lipinski definition) is 1. The van der Waals surface area contributed by atoms with E-state index in [-0.39, 0.29) is 11.2 Å². The lowest BCUT2D eigenvalue weighted by Gasteiger charge is -2.30. The zero-order chi connectivity index (χ0) is 14.1. The Morgan fingerprint density at radius 1 is 1.30 bits per heavy atom. The molecule has 2 atom stereocenters. The van der Waals surface area contributed by atoms with Crippen LogP contribution in [0.2, 0.25) is 0 Å². The molecule has 2 heterocycles. The molecule has 1 fully saturated rings. The number of carbonyl (C=O) groups excluding carboxylic acids is 1. The molecule has 1 saturated heterocycles. The second-order valence-corrected chi connectivity index (χ2v) is 6.44. The first-order chi connectivity index (χ1) is 9.68. The van der Waals surface area contributed by atoms with Gasteiger partial charge in [0.1, 0.15) is 11.3 Å². The predicted molar refractivity (Wildman–Crippen MR) is 77.7 cm³/mol. The molecule has 1 aromatic rings. The summed E-state index contributed by atoms with van der Waals surface area (Å²) in [5.74, 6) is -0.00378. The first-order valence-corrected chi connectivity index (χ1v) is 7.96. The summed E-state index contributed by atoms with van der Waals surface area (Å²) in [6, 6.07) is 7.36. The molecule has 0 radical (unpaired) electrons. The minimum absolute atomic E-state index is 0.0351. The van der Waals surface area contributed by atoms with E-state index in [4.69, 9.17) is 0 Å². The molecule has 3 rings (SSSR count). The highest BCUT2D eigenvalue weighted by atomic mass is 32.2. The van der Waals surface area contributed by atoms with Crippen molar-refractivity contribution in [3.63, 3.8) is 0 Å². The zero-order valence-corrected chi connectivity index (χ0v) is 11.9. The average Bonchev–Trinajstić information content (AvgIpc) is 2.95. The van der Waals surface area contributed by atoms with E-state index in [2.05, 4.69) is 6.07 Å². The molecule has 4 nitrogen and oxygen atoms in total. The minimum atomic E-state index is -0.884.